The van der Waals surface area contributed by atoms with Gasteiger partial charge >= 0.3 is 0 Å². The standard InChI is InChI=1S/C21H26N6O2/c1-21(2,3)16-9-10-17(28)27(24-16)13-14-7-6-12-26(14)20-23-18-15(8-5-11-22-18)19(29)25(20)4/h5,8-11,14H,6-7,12-13H2,1-4H3. The van der Waals surface area contributed by atoms with Crippen LogP contribution in [0, 0.1) is 0 Å². The van der Waals surface area contributed by atoms with Gasteiger partial charge in [0.05, 0.1) is 23.7 Å². The summed E-state index contributed by atoms with van der Waals surface area (Å²) in [6.45, 7) is 7.46. The van der Waals surface area contributed by atoms with Crippen molar-refractivity contribution in [1.29, 1.82) is 0 Å². The average molecular weight is 394 g/mol. The highest BCUT2D eigenvalue weighted by Crippen LogP contribution is 2.25. The monoisotopic (exact) mass is 394 g/mol. The van der Waals surface area contributed by atoms with E-state index in [2.05, 4.69) is 40.7 Å². The summed E-state index contributed by atoms with van der Waals surface area (Å²) in [4.78, 5) is 36.2. The van der Waals surface area contributed by atoms with Crippen LogP contribution in [0.5, 0.6) is 0 Å². The molecule has 0 aromatic carbocycles. The minimum absolute atomic E-state index is 0.0367. The lowest BCUT2D eigenvalue weighted by atomic mass is 9.92. The molecule has 0 spiro atoms. The van der Waals surface area contributed by atoms with Crippen molar-refractivity contribution in [3.05, 3.63) is 56.9 Å². The highest BCUT2D eigenvalue weighted by atomic mass is 16.1. The van der Waals surface area contributed by atoms with Gasteiger partial charge in [-0.3, -0.25) is 14.2 Å². The third-order valence-electron chi connectivity index (χ3n) is 5.48. The number of nitrogens with zero attached hydrogens (tertiary/aromatic N) is 6. The van der Waals surface area contributed by atoms with E-state index in [0.29, 0.717) is 23.5 Å². The normalized spacial score (nSPS) is 17.2. The van der Waals surface area contributed by atoms with Crippen LogP contribution in [0.2, 0.25) is 0 Å². The first-order valence-electron chi connectivity index (χ1n) is 9.93. The number of hydrogen-bond donors (Lipinski definition) is 0. The zero-order chi connectivity index (χ0) is 20.8. The van der Waals surface area contributed by atoms with Crippen molar-refractivity contribution in [2.45, 2.75) is 51.6 Å². The first kappa shape index (κ1) is 19.3. The molecule has 1 fully saturated rings. The molecule has 3 aromatic heterocycles. The fraction of sp³-hybridized carbons (Fsp3) is 0.476. The van der Waals surface area contributed by atoms with Gasteiger partial charge in [0, 0.05) is 31.3 Å². The Morgan fingerprint density at radius 1 is 1.17 bits per heavy atom. The number of pyridine rings is 1. The Bertz CT molecular complexity index is 1170. The molecule has 8 heteroatoms. The molecule has 0 N–H and O–H groups in total. The molecule has 4 rings (SSSR count). The molecule has 1 saturated heterocycles. The molecule has 0 aliphatic carbocycles. The molecule has 0 bridgehead atoms. The van der Waals surface area contributed by atoms with Gasteiger partial charge in [0.1, 0.15) is 0 Å². The number of hydrogen-bond acceptors (Lipinski definition) is 6. The van der Waals surface area contributed by atoms with Crippen molar-refractivity contribution in [3.63, 3.8) is 0 Å². The van der Waals surface area contributed by atoms with E-state index < -0.39 is 0 Å². The maximum Gasteiger partial charge on any atom is 0.266 e. The molecule has 4 heterocycles. The third kappa shape index (κ3) is 3.54. The van der Waals surface area contributed by atoms with Gasteiger partial charge in [-0.2, -0.15) is 10.1 Å². The van der Waals surface area contributed by atoms with Gasteiger partial charge < -0.3 is 4.90 Å². The molecule has 8 nitrogen and oxygen atoms in total. The molecule has 1 unspecified atom stereocenters. The maximum absolute atomic E-state index is 12.8. The Morgan fingerprint density at radius 2 is 1.97 bits per heavy atom. The van der Waals surface area contributed by atoms with E-state index in [1.54, 1.807) is 46.8 Å². The average Bonchev–Trinajstić information content (AvgIpc) is 3.13. The summed E-state index contributed by atoms with van der Waals surface area (Å²) < 4.78 is 3.12. The van der Waals surface area contributed by atoms with Gasteiger partial charge in [-0.05, 0) is 31.0 Å². The second-order valence-corrected chi connectivity index (χ2v) is 8.63. The number of rotatable bonds is 3. The molecule has 1 aliphatic heterocycles. The minimum Gasteiger partial charge on any atom is -0.337 e. The van der Waals surface area contributed by atoms with E-state index in [9.17, 15) is 9.59 Å². The second kappa shape index (κ2) is 7.09. The smallest absolute Gasteiger partial charge is 0.266 e. The third-order valence-corrected chi connectivity index (χ3v) is 5.48. The van der Waals surface area contributed by atoms with Crippen LogP contribution in [0.4, 0.5) is 5.95 Å². The SMILES string of the molecule is Cn1c(N2CCCC2Cn2nc(C(C)(C)C)ccc2=O)nc2ncccc2c1=O. The zero-order valence-electron chi connectivity index (χ0n) is 17.3. The Balaban J connectivity index is 1.71. The largest absolute Gasteiger partial charge is 0.337 e. The predicted molar refractivity (Wildman–Crippen MR) is 112 cm³/mol. The molecule has 1 aliphatic rings. The van der Waals surface area contributed by atoms with Crippen molar-refractivity contribution in [3.8, 4) is 0 Å². The van der Waals surface area contributed by atoms with Crippen molar-refractivity contribution >= 4 is 17.0 Å². The van der Waals surface area contributed by atoms with Gasteiger partial charge in [-0.15, -0.1) is 0 Å². The van der Waals surface area contributed by atoms with Crippen molar-refractivity contribution in [2.24, 2.45) is 7.05 Å². The second-order valence-electron chi connectivity index (χ2n) is 8.63. The van der Waals surface area contributed by atoms with E-state index in [1.165, 1.54) is 0 Å². The summed E-state index contributed by atoms with van der Waals surface area (Å²) in [6, 6.07) is 6.90. The van der Waals surface area contributed by atoms with Crippen LogP contribution in [0.1, 0.15) is 39.3 Å². The highest BCUT2D eigenvalue weighted by Gasteiger charge is 2.29. The van der Waals surface area contributed by atoms with Crippen LogP contribution < -0.4 is 16.0 Å². The predicted octanol–water partition coefficient (Wildman–Crippen LogP) is 1.85. The van der Waals surface area contributed by atoms with Gasteiger partial charge in [-0.25, -0.2) is 9.67 Å². The van der Waals surface area contributed by atoms with Gasteiger partial charge in [0.2, 0.25) is 5.95 Å². The topological polar surface area (TPSA) is 85.9 Å². The van der Waals surface area contributed by atoms with Gasteiger partial charge in [-0.1, -0.05) is 20.8 Å². The molecule has 0 amide bonds. The molecular weight excluding hydrogens is 368 g/mol. The fourth-order valence-corrected chi connectivity index (χ4v) is 3.82. The molecule has 1 atom stereocenters. The first-order chi connectivity index (χ1) is 13.8. The minimum atomic E-state index is -0.139. The Labute approximate surface area is 168 Å². The summed E-state index contributed by atoms with van der Waals surface area (Å²) >= 11 is 0. The zero-order valence-corrected chi connectivity index (χ0v) is 17.3. The Morgan fingerprint density at radius 3 is 2.72 bits per heavy atom. The summed E-state index contributed by atoms with van der Waals surface area (Å²) in [6.07, 6.45) is 3.51. The van der Waals surface area contributed by atoms with Crippen LogP contribution >= 0.6 is 0 Å². The lowest BCUT2D eigenvalue weighted by molar-refractivity contribution is 0.453. The maximum atomic E-state index is 12.8. The molecule has 3 aromatic rings. The van der Waals surface area contributed by atoms with Gasteiger partial charge in [0.25, 0.3) is 11.1 Å². The van der Waals surface area contributed by atoms with Crippen molar-refractivity contribution in [2.75, 3.05) is 11.4 Å². The molecular formula is C21H26N6O2. The van der Waals surface area contributed by atoms with E-state index in [0.717, 1.165) is 25.1 Å². The van der Waals surface area contributed by atoms with Crippen molar-refractivity contribution < 1.29 is 0 Å². The molecule has 0 radical (unpaired) electrons. The number of aromatic nitrogens is 5. The Hall–Kier alpha value is -3.03. The summed E-state index contributed by atoms with van der Waals surface area (Å²) in [5, 5.41) is 5.11. The van der Waals surface area contributed by atoms with Crippen LogP contribution in [-0.2, 0) is 19.0 Å². The van der Waals surface area contributed by atoms with Crippen LogP contribution in [-0.4, -0.2) is 36.9 Å². The quantitative estimate of drug-likeness (QED) is 0.674. The molecule has 152 valence electrons. The summed E-state index contributed by atoms with van der Waals surface area (Å²) in [7, 11) is 1.73. The highest BCUT2D eigenvalue weighted by molar-refractivity contribution is 5.74. The summed E-state index contributed by atoms with van der Waals surface area (Å²) in [5.74, 6) is 0.587. The first-order valence-corrected chi connectivity index (χ1v) is 9.93. The summed E-state index contributed by atoms with van der Waals surface area (Å²) in [5.41, 5.74) is 0.948. The lowest BCUT2D eigenvalue weighted by Crippen LogP contribution is -2.40. The van der Waals surface area contributed by atoms with E-state index >= 15 is 0 Å². The number of fused-ring (bicyclic) bond motifs is 1. The van der Waals surface area contributed by atoms with Crippen LogP contribution in [0.25, 0.3) is 11.0 Å². The Kier molecular flexibility index (Phi) is 4.72. The van der Waals surface area contributed by atoms with E-state index in [4.69, 9.17) is 0 Å². The van der Waals surface area contributed by atoms with Crippen LogP contribution in [0.3, 0.4) is 0 Å². The van der Waals surface area contributed by atoms with Crippen LogP contribution in [0.15, 0.2) is 40.1 Å². The number of anilines is 1. The van der Waals surface area contributed by atoms with Crippen molar-refractivity contribution in [1.82, 2.24) is 24.3 Å². The molecule has 0 saturated carbocycles. The molecule has 29 heavy (non-hydrogen) atoms. The van der Waals surface area contributed by atoms with E-state index in [-0.39, 0.29) is 22.6 Å². The fourth-order valence-electron chi connectivity index (χ4n) is 3.82. The van der Waals surface area contributed by atoms with Gasteiger partial charge in [0.15, 0.2) is 5.65 Å². The van der Waals surface area contributed by atoms with E-state index in [1.807, 2.05) is 0 Å². The lowest BCUT2D eigenvalue weighted by Gasteiger charge is -2.27.